The summed E-state index contributed by atoms with van der Waals surface area (Å²) in [5, 5.41) is 4.89. The molecule has 2 aromatic carbocycles. The standard InChI is InChI=1S/C23H19N3O2S/c1-15-3-2-4-17(13-15)6-5-16-7-9-18(10-8-16)29-20-11-12-24-14-19(20)21-22(27)26-23(28)25-21/h2-14,21H,1H3,(H2,25,26,27,28)/b6-5+. The van der Waals surface area contributed by atoms with Crippen molar-refractivity contribution in [2.75, 3.05) is 0 Å². The van der Waals surface area contributed by atoms with Crippen molar-refractivity contribution in [1.29, 1.82) is 0 Å². The number of imide groups is 1. The van der Waals surface area contributed by atoms with E-state index in [0.717, 1.165) is 15.4 Å². The summed E-state index contributed by atoms with van der Waals surface area (Å²) in [5.74, 6) is -0.360. The third kappa shape index (κ3) is 4.55. The van der Waals surface area contributed by atoms with E-state index >= 15 is 0 Å². The van der Waals surface area contributed by atoms with Crippen LogP contribution in [0.25, 0.3) is 12.2 Å². The molecule has 4 rings (SSSR count). The van der Waals surface area contributed by atoms with E-state index in [0.29, 0.717) is 5.56 Å². The molecule has 3 aromatic rings. The van der Waals surface area contributed by atoms with Crippen LogP contribution in [0.3, 0.4) is 0 Å². The molecule has 0 aliphatic carbocycles. The maximum absolute atomic E-state index is 12.0. The summed E-state index contributed by atoms with van der Waals surface area (Å²) in [6.07, 6.45) is 7.48. The molecule has 2 heterocycles. The van der Waals surface area contributed by atoms with Gasteiger partial charge in [-0.25, -0.2) is 4.79 Å². The van der Waals surface area contributed by atoms with Gasteiger partial charge in [0.05, 0.1) is 0 Å². The average Bonchev–Trinajstić information content (AvgIpc) is 3.06. The highest BCUT2D eigenvalue weighted by atomic mass is 32.2. The topological polar surface area (TPSA) is 71.1 Å². The molecular formula is C23H19N3O2S. The summed E-state index contributed by atoms with van der Waals surface area (Å²) in [4.78, 5) is 29.5. The Labute approximate surface area is 173 Å². The Hall–Kier alpha value is -3.38. The first-order valence-electron chi connectivity index (χ1n) is 9.16. The van der Waals surface area contributed by atoms with Crippen LogP contribution in [0.5, 0.6) is 0 Å². The summed E-state index contributed by atoms with van der Waals surface area (Å²) < 4.78 is 0. The van der Waals surface area contributed by atoms with Gasteiger partial charge in [-0.1, -0.05) is 65.9 Å². The number of nitrogens with zero attached hydrogens (tertiary/aromatic N) is 1. The fourth-order valence-electron chi connectivity index (χ4n) is 3.08. The fourth-order valence-corrected chi connectivity index (χ4v) is 4.02. The van der Waals surface area contributed by atoms with Gasteiger partial charge in [0, 0.05) is 27.7 Å². The zero-order valence-electron chi connectivity index (χ0n) is 15.8. The van der Waals surface area contributed by atoms with Crippen molar-refractivity contribution < 1.29 is 9.59 Å². The Morgan fingerprint density at radius 2 is 1.79 bits per heavy atom. The van der Waals surface area contributed by atoms with Crippen molar-refractivity contribution in [2.24, 2.45) is 0 Å². The highest BCUT2D eigenvalue weighted by Gasteiger charge is 2.32. The van der Waals surface area contributed by atoms with Crippen LogP contribution in [0.2, 0.25) is 0 Å². The van der Waals surface area contributed by atoms with E-state index in [9.17, 15) is 9.59 Å². The molecule has 1 aromatic heterocycles. The number of carbonyl (C=O) groups excluding carboxylic acids is 2. The largest absolute Gasteiger partial charge is 0.322 e. The molecule has 144 valence electrons. The first-order chi connectivity index (χ1) is 14.1. The maximum Gasteiger partial charge on any atom is 0.322 e. The van der Waals surface area contributed by atoms with Crippen LogP contribution >= 0.6 is 11.8 Å². The van der Waals surface area contributed by atoms with Crippen LogP contribution in [-0.4, -0.2) is 16.9 Å². The monoisotopic (exact) mass is 401 g/mol. The molecule has 3 amide bonds. The highest BCUT2D eigenvalue weighted by Crippen LogP contribution is 2.34. The number of rotatable bonds is 5. The molecule has 1 aliphatic rings. The van der Waals surface area contributed by atoms with Crippen LogP contribution < -0.4 is 10.6 Å². The average molecular weight is 401 g/mol. The van der Waals surface area contributed by atoms with Crippen molar-refractivity contribution in [2.45, 2.75) is 22.8 Å². The highest BCUT2D eigenvalue weighted by molar-refractivity contribution is 7.99. The number of hydrogen-bond acceptors (Lipinski definition) is 4. The first-order valence-corrected chi connectivity index (χ1v) is 9.98. The van der Waals surface area contributed by atoms with Gasteiger partial charge in [0.15, 0.2) is 0 Å². The minimum atomic E-state index is -0.713. The predicted molar refractivity (Wildman–Crippen MR) is 114 cm³/mol. The Morgan fingerprint density at radius 3 is 2.52 bits per heavy atom. The second kappa shape index (κ2) is 8.32. The van der Waals surface area contributed by atoms with Gasteiger partial charge in [0.1, 0.15) is 6.04 Å². The Balaban J connectivity index is 1.50. The smallest absolute Gasteiger partial charge is 0.322 e. The maximum atomic E-state index is 12.0. The second-order valence-corrected chi connectivity index (χ2v) is 7.84. The van der Waals surface area contributed by atoms with Gasteiger partial charge in [0.25, 0.3) is 5.91 Å². The molecule has 0 radical (unpaired) electrons. The quantitative estimate of drug-likeness (QED) is 0.484. The van der Waals surface area contributed by atoms with Crippen molar-refractivity contribution >= 4 is 35.9 Å². The molecule has 0 bridgehead atoms. The van der Waals surface area contributed by atoms with Crippen molar-refractivity contribution in [1.82, 2.24) is 15.6 Å². The van der Waals surface area contributed by atoms with Gasteiger partial charge in [-0.15, -0.1) is 0 Å². The molecule has 1 atom stereocenters. The number of aryl methyl sites for hydroxylation is 1. The normalized spacial score (nSPS) is 16.1. The molecule has 1 unspecified atom stereocenters. The van der Waals surface area contributed by atoms with E-state index in [4.69, 9.17) is 0 Å². The van der Waals surface area contributed by atoms with Crippen LogP contribution in [0, 0.1) is 6.92 Å². The molecule has 29 heavy (non-hydrogen) atoms. The third-order valence-electron chi connectivity index (χ3n) is 4.51. The lowest BCUT2D eigenvalue weighted by atomic mass is 10.1. The number of urea groups is 1. The van der Waals surface area contributed by atoms with Crippen molar-refractivity contribution in [3.8, 4) is 0 Å². The molecule has 2 N–H and O–H groups in total. The van der Waals surface area contributed by atoms with E-state index in [1.165, 1.54) is 22.9 Å². The lowest BCUT2D eigenvalue weighted by molar-refractivity contribution is -0.120. The predicted octanol–water partition coefficient (Wildman–Crippen LogP) is 4.59. The summed E-state index contributed by atoms with van der Waals surface area (Å²) in [5.41, 5.74) is 4.19. The number of nitrogens with one attached hydrogen (secondary N) is 2. The molecule has 0 saturated carbocycles. The molecule has 1 aliphatic heterocycles. The number of amides is 3. The molecular weight excluding hydrogens is 382 g/mol. The SMILES string of the molecule is Cc1cccc(/C=C/c2ccc(Sc3ccncc3C3NC(=O)NC3=O)cc2)c1. The number of benzene rings is 2. The number of pyridine rings is 1. The third-order valence-corrected chi connectivity index (χ3v) is 5.61. The lowest BCUT2D eigenvalue weighted by Crippen LogP contribution is -2.22. The fraction of sp³-hybridized carbons (Fsp3) is 0.0870. The van der Waals surface area contributed by atoms with E-state index in [1.807, 2.05) is 24.3 Å². The second-order valence-electron chi connectivity index (χ2n) is 6.73. The van der Waals surface area contributed by atoms with E-state index < -0.39 is 12.1 Å². The summed E-state index contributed by atoms with van der Waals surface area (Å²) >= 11 is 1.53. The van der Waals surface area contributed by atoms with Crippen molar-refractivity contribution in [3.05, 3.63) is 89.2 Å². The van der Waals surface area contributed by atoms with Crippen molar-refractivity contribution in [3.63, 3.8) is 0 Å². The molecule has 5 nitrogen and oxygen atoms in total. The minimum absolute atomic E-state index is 0.360. The lowest BCUT2D eigenvalue weighted by Gasteiger charge is -2.12. The number of carbonyl (C=O) groups is 2. The van der Waals surface area contributed by atoms with E-state index in [2.05, 4.69) is 65.0 Å². The zero-order valence-corrected chi connectivity index (χ0v) is 16.6. The van der Waals surface area contributed by atoms with Gasteiger partial charge in [-0.2, -0.15) is 0 Å². The van der Waals surface area contributed by atoms with Crippen LogP contribution in [0.15, 0.2) is 76.8 Å². The van der Waals surface area contributed by atoms with Gasteiger partial charge in [0.2, 0.25) is 0 Å². The van der Waals surface area contributed by atoms with E-state index in [1.54, 1.807) is 12.4 Å². The molecule has 6 heteroatoms. The van der Waals surface area contributed by atoms with Crippen LogP contribution in [0.4, 0.5) is 4.79 Å². The Morgan fingerprint density at radius 1 is 1.00 bits per heavy atom. The summed E-state index contributed by atoms with van der Waals surface area (Å²) in [7, 11) is 0. The van der Waals surface area contributed by atoms with Gasteiger partial charge < -0.3 is 5.32 Å². The number of aromatic nitrogens is 1. The number of hydrogen-bond donors (Lipinski definition) is 2. The van der Waals surface area contributed by atoms with E-state index in [-0.39, 0.29) is 5.91 Å². The summed E-state index contributed by atoms with van der Waals surface area (Å²) in [6, 6.07) is 17.2. The Kier molecular flexibility index (Phi) is 5.44. The van der Waals surface area contributed by atoms with Gasteiger partial charge in [-0.3, -0.25) is 15.1 Å². The van der Waals surface area contributed by atoms with Gasteiger partial charge in [-0.05, 0) is 36.2 Å². The van der Waals surface area contributed by atoms with Gasteiger partial charge >= 0.3 is 6.03 Å². The van der Waals surface area contributed by atoms with Crippen LogP contribution in [-0.2, 0) is 4.79 Å². The molecule has 0 spiro atoms. The molecule has 1 saturated heterocycles. The minimum Gasteiger partial charge on any atom is -0.322 e. The summed E-state index contributed by atoms with van der Waals surface area (Å²) in [6.45, 7) is 2.08. The molecule has 1 fully saturated rings. The zero-order chi connectivity index (χ0) is 20.2. The Bertz CT molecular complexity index is 1090. The first kappa shape index (κ1) is 19.0. The van der Waals surface area contributed by atoms with Crippen LogP contribution in [0.1, 0.15) is 28.3 Å².